The fraction of sp³-hybridized carbons (Fsp3) is 0.471. The first-order valence-corrected chi connectivity index (χ1v) is 7.41. The number of hydrogen-bond donors (Lipinski definition) is 2. The Morgan fingerprint density at radius 1 is 1.25 bits per heavy atom. The predicted octanol–water partition coefficient (Wildman–Crippen LogP) is 2.03. The average Bonchev–Trinajstić information content (AvgIpc) is 2.59. The molecule has 6 nitrogen and oxygen atoms in total. The number of halogens is 1. The van der Waals surface area contributed by atoms with Crippen molar-refractivity contribution < 1.29 is 14.2 Å². The minimum Gasteiger partial charge on any atom is -0.493 e. The molecule has 0 saturated heterocycles. The van der Waals surface area contributed by atoms with Crippen LogP contribution < -0.4 is 20.1 Å². The first-order chi connectivity index (χ1) is 11.2. The minimum absolute atomic E-state index is 0. The second-order valence-electron chi connectivity index (χ2n) is 4.68. The summed E-state index contributed by atoms with van der Waals surface area (Å²) in [7, 11) is 5.03. The number of hydrogen-bond acceptors (Lipinski definition) is 4. The van der Waals surface area contributed by atoms with Crippen LogP contribution in [-0.4, -0.2) is 47.0 Å². The number of nitrogens with zero attached hydrogens (tertiary/aromatic N) is 1. The molecule has 0 saturated carbocycles. The third-order valence-corrected chi connectivity index (χ3v) is 3.04. The molecule has 0 atom stereocenters. The maximum absolute atomic E-state index is 5.49. The van der Waals surface area contributed by atoms with Gasteiger partial charge in [0.1, 0.15) is 6.61 Å². The van der Waals surface area contributed by atoms with Gasteiger partial charge in [-0.05, 0) is 24.1 Å². The van der Waals surface area contributed by atoms with Crippen LogP contribution in [0.4, 0.5) is 0 Å². The fourth-order valence-corrected chi connectivity index (χ4v) is 1.89. The molecule has 0 aliphatic heterocycles. The molecular weight excluding hydrogens is 421 g/mol. The average molecular weight is 447 g/mol. The lowest BCUT2D eigenvalue weighted by Crippen LogP contribution is -2.37. The molecule has 0 bridgehead atoms. The van der Waals surface area contributed by atoms with Crippen molar-refractivity contribution in [2.45, 2.75) is 13.0 Å². The molecule has 1 rings (SSSR count). The van der Waals surface area contributed by atoms with Crippen LogP contribution in [0.25, 0.3) is 0 Å². The number of guanidine groups is 1. The van der Waals surface area contributed by atoms with Crippen LogP contribution >= 0.6 is 24.0 Å². The number of rotatable bonds is 9. The van der Waals surface area contributed by atoms with Crippen molar-refractivity contribution in [3.05, 3.63) is 23.8 Å². The zero-order valence-electron chi connectivity index (χ0n) is 14.4. The smallest absolute Gasteiger partial charge is 0.191 e. The molecule has 24 heavy (non-hydrogen) atoms. The number of nitrogens with one attached hydrogen (secondary N) is 2. The topological polar surface area (TPSA) is 64.1 Å². The van der Waals surface area contributed by atoms with Crippen molar-refractivity contribution in [1.82, 2.24) is 10.6 Å². The molecular formula is C17H26IN3O3. The maximum atomic E-state index is 5.49. The second kappa shape index (κ2) is 13.7. The van der Waals surface area contributed by atoms with E-state index in [1.54, 1.807) is 21.3 Å². The number of methoxy groups -OCH3 is 2. The van der Waals surface area contributed by atoms with Gasteiger partial charge in [-0.2, -0.15) is 0 Å². The van der Waals surface area contributed by atoms with Gasteiger partial charge in [0.05, 0.1) is 7.11 Å². The van der Waals surface area contributed by atoms with Gasteiger partial charge in [0.2, 0.25) is 0 Å². The van der Waals surface area contributed by atoms with E-state index in [-0.39, 0.29) is 30.6 Å². The van der Waals surface area contributed by atoms with E-state index >= 15 is 0 Å². The lowest BCUT2D eigenvalue weighted by Gasteiger charge is -2.14. The van der Waals surface area contributed by atoms with Crippen molar-refractivity contribution in [2.24, 2.45) is 4.99 Å². The summed E-state index contributed by atoms with van der Waals surface area (Å²) in [4.78, 5) is 4.18. The molecule has 7 heteroatoms. The van der Waals surface area contributed by atoms with Crippen molar-refractivity contribution in [2.75, 3.05) is 41.0 Å². The zero-order valence-corrected chi connectivity index (χ0v) is 16.8. The summed E-state index contributed by atoms with van der Waals surface area (Å²) < 4.78 is 15.8. The van der Waals surface area contributed by atoms with Gasteiger partial charge in [-0.15, -0.1) is 30.4 Å². The van der Waals surface area contributed by atoms with Gasteiger partial charge in [0, 0.05) is 33.9 Å². The monoisotopic (exact) mass is 447 g/mol. The highest BCUT2D eigenvalue weighted by Crippen LogP contribution is 2.27. The molecule has 2 N–H and O–H groups in total. The highest BCUT2D eigenvalue weighted by Gasteiger charge is 2.06. The first-order valence-electron chi connectivity index (χ1n) is 7.41. The van der Waals surface area contributed by atoms with Crippen molar-refractivity contribution in [1.29, 1.82) is 0 Å². The van der Waals surface area contributed by atoms with E-state index < -0.39 is 0 Å². The van der Waals surface area contributed by atoms with Gasteiger partial charge in [-0.25, -0.2) is 0 Å². The van der Waals surface area contributed by atoms with Gasteiger partial charge in [0.25, 0.3) is 0 Å². The van der Waals surface area contributed by atoms with E-state index in [1.807, 2.05) is 18.2 Å². The first kappa shape index (κ1) is 22.3. The fourth-order valence-electron chi connectivity index (χ4n) is 1.89. The Hall–Kier alpha value is -1.66. The lowest BCUT2D eigenvalue weighted by molar-refractivity contribution is 0.195. The molecule has 134 valence electrons. The Balaban J connectivity index is 0.00000529. The van der Waals surface area contributed by atoms with Gasteiger partial charge < -0.3 is 24.8 Å². The third kappa shape index (κ3) is 8.26. The van der Waals surface area contributed by atoms with Gasteiger partial charge in [-0.3, -0.25) is 4.99 Å². The van der Waals surface area contributed by atoms with Crippen LogP contribution in [0.3, 0.4) is 0 Å². The maximum Gasteiger partial charge on any atom is 0.191 e. The molecule has 0 aliphatic rings. The molecule has 0 unspecified atom stereocenters. The van der Waals surface area contributed by atoms with Crippen LogP contribution in [0.5, 0.6) is 11.5 Å². The molecule has 1 aromatic rings. The van der Waals surface area contributed by atoms with E-state index in [9.17, 15) is 0 Å². The molecule has 0 radical (unpaired) electrons. The zero-order chi connectivity index (χ0) is 16.9. The number of aliphatic imine (C=N–C) groups is 1. The van der Waals surface area contributed by atoms with Crippen LogP contribution in [0, 0.1) is 12.3 Å². The summed E-state index contributed by atoms with van der Waals surface area (Å²) in [5.74, 6) is 4.48. The molecule has 0 spiro atoms. The number of ether oxygens (including phenoxy) is 3. The van der Waals surface area contributed by atoms with Gasteiger partial charge in [0.15, 0.2) is 17.5 Å². The van der Waals surface area contributed by atoms with E-state index in [0.717, 1.165) is 31.1 Å². The standard InChI is InChI=1S/C17H25N3O3.HI/c1-5-10-23-16-12-14(7-8-15(16)22-4)13-20-17(18-2)19-9-6-11-21-3;/h1,7-8,12H,6,9-11,13H2,2-4H3,(H2,18,19,20);1H. The number of benzene rings is 1. The SMILES string of the molecule is C#CCOc1cc(CNC(=NC)NCCCOC)ccc1OC.I. The van der Waals surface area contributed by atoms with Crippen molar-refractivity contribution >= 4 is 29.9 Å². The molecule has 0 fully saturated rings. The van der Waals surface area contributed by atoms with Crippen LogP contribution in [0.15, 0.2) is 23.2 Å². The Bertz CT molecular complexity index is 544. The van der Waals surface area contributed by atoms with Crippen LogP contribution in [-0.2, 0) is 11.3 Å². The quantitative estimate of drug-likeness (QED) is 0.200. The normalized spacial score (nSPS) is 10.3. The van der Waals surface area contributed by atoms with E-state index in [4.69, 9.17) is 20.6 Å². The summed E-state index contributed by atoms with van der Waals surface area (Å²) in [6.45, 7) is 2.33. The Morgan fingerprint density at radius 3 is 2.67 bits per heavy atom. The Kier molecular flexibility index (Phi) is 12.8. The third-order valence-electron chi connectivity index (χ3n) is 3.04. The number of terminal acetylenes is 1. The Labute approximate surface area is 161 Å². The summed E-state index contributed by atoms with van der Waals surface area (Å²) >= 11 is 0. The largest absolute Gasteiger partial charge is 0.493 e. The molecule has 0 heterocycles. The summed E-state index contributed by atoms with van der Waals surface area (Å²) in [6, 6.07) is 5.73. The van der Waals surface area contributed by atoms with Gasteiger partial charge in [-0.1, -0.05) is 12.0 Å². The van der Waals surface area contributed by atoms with Crippen LogP contribution in [0.2, 0.25) is 0 Å². The summed E-state index contributed by atoms with van der Waals surface area (Å²) in [6.07, 6.45) is 6.15. The summed E-state index contributed by atoms with van der Waals surface area (Å²) in [5, 5.41) is 6.47. The Morgan fingerprint density at radius 2 is 2.04 bits per heavy atom. The highest BCUT2D eigenvalue weighted by atomic mass is 127. The molecule has 0 amide bonds. The van der Waals surface area contributed by atoms with E-state index in [0.29, 0.717) is 18.0 Å². The van der Waals surface area contributed by atoms with Gasteiger partial charge >= 0.3 is 0 Å². The highest BCUT2D eigenvalue weighted by molar-refractivity contribution is 14.0. The molecule has 0 aromatic heterocycles. The van der Waals surface area contributed by atoms with Crippen LogP contribution in [0.1, 0.15) is 12.0 Å². The minimum atomic E-state index is 0. The van der Waals surface area contributed by atoms with Crippen molar-refractivity contribution in [3.63, 3.8) is 0 Å². The molecule has 1 aromatic carbocycles. The van der Waals surface area contributed by atoms with E-state index in [2.05, 4.69) is 21.5 Å². The lowest BCUT2D eigenvalue weighted by atomic mass is 10.2. The van der Waals surface area contributed by atoms with Crippen molar-refractivity contribution in [3.8, 4) is 23.8 Å². The summed E-state index contributed by atoms with van der Waals surface area (Å²) in [5.41, 5.74) is 1.04. The predicted molar refractivity (Wildman–Crippen MR) is 107 cm³/mol. The van der Waals surface area contributed by atoms with E-state index in [1.165, 1.54) is 0 Å². The molecule has 0 aliphatic carbocycles. The second-order valence-corrected chi connectivity index (χ2v) is 4.68.